The lowest BCUT2D eigenvalue weighted by atomic mass is 10.3. The Labute approximate surface area is 73.8 Å². The van der Waals surface area contributed by atoms with Crippen molar-refractivity contribution in [3.8, 4) is 11.5 Å². The van der Waals surface area contributed by atoms with Crippen molar-refractivity contribution in [2.45, 2.75) is 0 Å². The smallest absolute Gasteiger partial charge is 0.314 e. The summed E-state index contributed by atoms with van der Waals surface area (Å²) in [7, 11) is 1.00. The number of hydrogen-bond acceptors (Lipinski definition) is 5. The Morgan fingerprint density at radius 2 is 1.85 bits per heavy atom. The monoisotopic (exact) mass is 187 g/mol. The van der Waals surface area contributed by atoms with Crippen LogP contribution < -0.4 is 0 Å². The van der Waals surface area contributed by atoms with Gasteiger partial charge in [0.1, 0.15) is 0 Å². The van der Waals surface area contributed by atoms with Crippen molar-refractivity contribution in [1.29, 1.82) is 0 Å². The second-order valence-electron chi connectivity index (χ2n) is 1.90. The number of rotatable bonds is 1. The molecule has 0 heterocycles. The van der Waals surface area contributed by atoms with E-state index in [1.165, 1.54) is 12.1 Å². The van der Waals surface area contributed by atoms with Gasteiger partial charge in [-0.25, -0.2) is 0 Å². The number of aliphatic hydroxyl groups is 1. The fourth-order valence-electron chi connectivity index (χ4n) is 0.667. The normalized spacial score (nSPS) is 8.46. The van der Waals surface area contributed by atoms with Gasteiger partial charge in [0, 0.05) is 13.2 Å². The number of aromatic hydroxyl groups is 2. The lowest BCUT2D eigenvalue weighted by Gasteiger charge is -1.96. The van der Waals surface area contributed by atoms with Crippen molar-refractivity contribution in [3.63, 3.8) is 0 Å². The molecule has 0 radical (unpaired) electrons. The van der Waals surface area contributed by atoms with Crippen molar-refractivity contribution < 1.29 is 20.2 Å². The summed E-state index contributed by atoms with van der Waals surface area (Å²) in [5.41, 5.74) is -0.495. The molecule has 0 aliphatic rings. The molecule has 3 N–H and O–H groups in total. The highest BCUT2D eigenvalue weighted by Crippen LogP contribution is 2.33. The van der Waals surface area contributed by atoms with Gasteiger partial charge in [-0.05, 0) is 6.07 Å². The highest BCUT2D eigenvalue weighted by molar-refractivity contribution is 5.53. The molecule has 1 aromatic carbocycles. The van der Waals surface area contributed by atoms with Crippen molar-refractivity contribution >= 4 is 5.69 Å². The minimum atomic E-state index is -0.769. The van der Waals surface area contributed by atoms with Crippen molar-refractivity contribution in [3.05, 3.63) is 28.3 Å². The first kappa shape index (κ1) is 11.2. The Kier molecular flexibility index (Phi) is 4.25. The predicted octanol–water partition coefficient (Wildman–Crippen LogP) is 0.614. The highest BCUT2D eigenvalue weighted by atomic mass is 16.6. The molecule has 1 aromatic rings. The summed E-state index contributed by atoms with van der Waals surface area (Å²) < 4.78 is 0. The van der Waals surface area contributed by atoms with Crippen LogP contribution in [0.5, 0.6) is 11.5 Å². The van der Waals surface area contributed by atoms with E-state index in [2.05, 4.69) is 0 Å². The first-order chi connectivity index (χ1) is 6.13. The molecule has 6 heteroatoms. The summed E-state index contributed by atoms with van der Waals surface area (Å²) in [6.45, 7) is 0. The van der Waals surface area contributed by atoms with Crippen LogP contribution in [0.25, 0.3) is 0 Å². The molecule has 0 bridgehead atoms. The first-order valence-corrected chi connectivity index (χ1v) is 3.23. The SMILES string of the molecule is CO.O=[N+]([O-])c1cccc(O)c1O. The molecule has 0 aliphatic carbocycles. The van der Waals surface area contributed by atoms with Crippen LogP contribution >= 0.6 is 0 Å². The van der Waals surface area contributed by atoms with Crippen LogP contribution in [-0.4, -0.2) is 27.4 Å². The number of para-hydroxylation sites is 1. The molecule has 1 rings (SSSR count). The summed E-state index contributed by atoms with van der Waals surface area (Å²) in [5, 5.41) is 34.8. The summed E-state index contributed by atoms with van der Waals surface area (Å²) in [6, 6.07) is 3.56. The van der Waals surface area contributed by atoms with Crippen LogP contribution in [0.4, 0.5) is 5.69 Å². The number of nitrogens with zero attached hydrogens (tertiary/aromatic N) is 1. The maximum atomic E-state index is 10.1. The topological polar surface area (TPSA) is 104 Å². The number of nitro benzene ring substituents is 1. The molecule has 0 unspecified atom stereocenters. The fraction of sp³-hybridized carbons (Fsp3) is 0.143. The Hall–Kier alpha value is -1.82. The van der Waals surface area contributed by atoms with E-state index in [9.17, 15) is 10.1 Å². The molecule has 13 heavy (non-hydrogen) atoms. The Balaban J connectivity index is 0.000000671. The van der Waals surface area contributed by atoms with E-state index in [1.807, 2.05) is 0 Å². The maximum absolute atomic E-state index is 10.1. The molecule has 0 fully saturated rings. The summed E-state index contributed by atoms with van der Waals surface area (Å²) in [5.74, 6) is -1.18. The van der Waals surface area contributed by atoms with Gasteiger partial charge in [-0.2, -0.15) is 0 Å². The van der Waals surface area contributed by atoms with Gasteiger partial charge in [-0.3, -0.25) is 10.1 Å². The quantitative estimate of drug-likeness (QED) is 0.339. The zero-order valence-corrected chi connectivity index (χ0v) is 6.84. The van der Waals surface area contributed by atoms with E-state index in [0.717, 1.165) is 13.2 Å². The average molecular weight is 187 g/mol. The van der Waals surface area contributed by atoms with Gasteiger partial charge in [0.05, 0.1) is 4.92 Å². The third-order valence-corrected chi connectivity index (χ3v) is 1.19. The summed E-state index contributed by atoms with van der Waals surface area (Å²) in [4.78, 5) is 9.34. The molecule has 0 aliphatic heterocycles. The molecule has 0 saturated heterocycles. The molecule has 0 saturated carbocycles. The van der Waals surface area contributed by atoms with Gasteiger partial charge in [-0.1, -0.05) is 6.07 Å². The molecule has 6 nitrogen and oxygen atoms in total. The standard InChI is InChI=1S/C6H5NO4.CH4O/c8-5-3-1-2-4(6(5)9)7(10)11;1-2/h1-3,8-9H;2H,1H3. The molecule has 0 spiro atoms. The van der Waals surface area contributed by atoms with Crippen LogP contribution in [0.1, 0.15) is 0 Å². The van der Waals surface area contributed by atoms with Crippen LogP contribution in [-0.2, 0) is 0 Å². The van der Waals surface area contributed by atoms with Crippen molar-refractivity contribution in [2.75, 3.05) is 7.11 Å². The highest BCUT2D eigenvalue weighted by Gasteiger charge is 2.14. The molecule has 0 aromatic heterocycles. The number of aliphatic hydroxyl groups excluding tert-OH is 1. The van der Waals surface area contributed by atoms with Crippen molar-refractivity contribution in [1.82, 2.24) is 0 Å². The predicted molar refractivity (Wildman–Crippen MR) is 44.6 cm³/mol. The zero-order chi connectivity index (χ0) is 10.4. The Morgan fingerprint density at radius 3 is 2.23 bits per heavy atom. The number of benzene rings is 1. The second kappa shape index (κ2) is 4.94. The summed E-state index contributed by atoms with van der Waals surface area (Å²) >= 11 is 0. The van der Waals surface area contributed by atoms with Gasteiger partial charge in [-0.15, -0.1) is 0 Å². The minimum absolute atomic E-state index is 0.487. The molecule has 0 amide bonds. The molecule has 72 valence electrons. The minimum Gasteiger partial charge on any atom is -0.504 e. The van der Waals surface area contributed by atoms with Gasteiger partial charge in [0.2, 0.25) is 5.75 Å². The third kappa shape index (κ3) is 2.60. The van der Waals surface area contributed by atoms with Gasteiger partial charge < -0.3 is 15.3 Å². The second-order valence-corrected chi connectivity index (χ2v) is 1.90. The van der Waals surface area contributed by atoms with Crippen molar-refractivity contribution in [2.24, 2.45) is 0 Å². The van der Waals surface area contributed by atoms with E-state index in [4.69, 9.17) is 15.3 Å². The van der Waals surface area contributed by atoms with Crippen LogP contribution in [0.2, 0.25) is 0 Å². The number of nitro groups is 1. The fourth-order valence-corrected chi connectivity index (χ4v) is 0.667. The van der Waals surface area contributed by atoms with E-state index in [0.29, 0.717) is 0 Å². The number of hydrogen-bond donors (Lipinski definition) is 3. The lowest BCUT2D eigenvalue weighted by Crippen LogP contribution is -1.87. The first-order valence-electron chi connectivity index (χ1n) is 3.23. The van der Waals surface area contributed by atoms with E-state index in [-0.39, 0.29) is 0 Å². The van der Waals surface area contributed by atoms with Gasteiger partial charge >= 0.3 is 5.69 Å². The maximum Gasteiger partial charge on any atom is 0.314 e. The van der Waals surface area contributed by atoms with Crippen LogP contribution in [0.3, 0.4) is 0 Å². The largest absolute Gasteiger partial charge is 0.504 e. The zero-order valence-electron chi connectivity index (χ0n) is 6.84. The van der Waals surface area contributed by atoms with Crippen LogP contribution in [0.15, 0.2) is 18.2 Å². The Bertz CT molecular complexity index is 299. The van der Waals surface area contributed by atoms with E-state index < -0.39 is 22.1 Å². The average Bonchev–Trinajstić information content (AvgIpc) is 2.13. The molecular weight excluding hydrogens is 178 g/mol. The van der Waals surface area contributed by atoms with E-state index in [1.54, 1.807) is 0 Å². The number of phenols is 2. The number of phenolic OH excluding ortho intramolecular Hbond substituents is 2. The van der Waals surface area contributed by atoms with Gasteiger partial charge in [0.15, 0.2) is 5.75 Å². The Morgan fingerprint density at radius 1 is 1.31 bits per heavy atom. The molecular formula is C7H9NO5. The van der Waals surface area contributed by atoms with Gasteiger partial charge in [0.25, 0.3) is 0 Å². The lowest BCUT2D eigenvalue weighted by molar-refractivity contribution is -0.386. The third-order valence-electron chi connectivity index (χ3n) is 1.19. The van der Waals surface area contributed by atoms with E-state index >= 15 is 0 Å². The van der Waals surface area contributed by atoms with Crippen LogP contribution in [0, 0.1) is 10.1 Å². The summed E-state index contributed by atoms with van der Waals surface area (Å²) in [6.07, 6.45) is 0. The molecule has 0 atom stereocenters.